The summed E-state index contributed by atoms with van der Waals surface area (Å²) in [5, 5.41) is 10.6. The van der Waals surface area contributed by atoms with E-state index in [0.29, 0.717) is 25.7 Å². The number of aliphatic hydroxyl groups is 1. The number of phosphoric acid groups is 2. The van der Waals surface area contributed by atoms with Crippen molar-refractivity contribution >= 4 is 39.5 Å². The number of unbranched alkanes of at least 4 members (excludes halogenated alkanes) is 47. The van der Waals surface area contributed by atoms with Gasteiger partial charge in [0.05, 0.1) is 26.4 Å². The van der Waals surface area contributed by atoms with Crippen molar-refractivity contribution in [3.8, 4) is 0 Å². The Balaban J connectivity index is 5.24. The number of hydrogen-bond donors (Lipinski definition) is 3. The molecule has 0 spiro atoms. The fourth-order valence-corrected chi connectivity index (χ4v) is 13.1. The predicted octanol–water partition coefficient (Wildman–Crippen LogP) is 22.1. The third kappa shape index (κ3) is 68.6. The molecular formula is C75H146O17P2. The lowest BCUT2D eigenvalue weighted by Crippen LogP contribution is -2.30. The van der Waals surface area contributed by atoms with Crippen LogP contribution in [0.5, 0.6) is 0 Å². The van der Waals surface area contributed by atoms with Crippen LogP contribution in [-0.2, 0) is 65.4 Å². The molecule has 19 heteroatoms. The van der Waals surface area contributed by atoms with Gasteiger partial charge in [-0.15, -0.1) is 0 Å². The third-order valence-corrected chi connectivity index (χ3v) is 19.4. The highest BCUT2D eigenvalue weighted by Crippen LogP contribution is 2.45. The van der Waals surface area contributed by atoms with E-state index < -0.39 is 97.5 Å². The Bertz CT molecular complexity index is 1810. The van der Waals surface area contributed by atoms with Gasteiger partial charge in [-0.25, -0.2) is 9.13 Å². The van der Waals surface area contributed by atoms with Gasteiger partial charge in [0.2, 0.25) is 0 Å². The molecule has 0 rings (SSSR count). The lowest BCUT2D eigenvalue weighted by molar-refractivity contribution is -0.161. The van der Waals surface area contributed by atoms with Gasteiger partial charge >= 0.3 is 39.5 Å². The molecular weight excluding hydrogens is 1230 g/mol. The second kappa shape index (κ2) is 68.2. The van der Waals surface area contributed by atoms with Crippen LogP contribution in [0.1, 0.15) is 394 Å². The van der Waals surface area contributed by atoms with Gasteiger partial charge in [0.25, 0.3) is 0 Å². The number of phosphoric ester groups is 2. The van der Waals surface area contributed by atoms with Crippen LogP contribution in [0.2, 0.25) is 0 Å². The molecule has 5 atom stereocenters. The van der Waals surface area contributed by atoms with Crippen molar-refractivity contribution in [2.45, 2.75) is 412 Å². The number of rotatable bonds is 75. The summed E-state index contributed by atoms with van der Waals surface area (Å²) >= 11 is 0. The molecule has 0 amide bonds. The van der Waals surface area contributed by atoms with E-state index in [-0.39, 0.29) is 25.7 Å². The quantitative estimate of drug-likeness (QED) is 0.0222. The van der Waals surface area contributed by atoms with Crippen molar-refractivity contribution < 1.29 is 80.2 Å². The van der Waals surface area contributed by atoms with Crippen LogP contribution in [0.25, 0.3) is 0 Å². The first-order chi connectivity index (χ1) is 45.5. The summed E-state index contributed by atoms with van der Waals surface area (Å²) in [4.78, 5) is 72.8. The molecule has 0 bridgehead atoms. The van der Waals surface area contributed by atoms with Crippen LogP contribution in [0.3, 0.4) is 0 Å². The topological polar surface area (TPSA) is 237 Å². The van der Waals surface area contributed by atoms with E-state index in [4.69, 9.17) is 37.0 Å². The maximum atomic E-state index is 13.1. The van der Waals surface area contributed by atoms with E-state index in [2.05, 4.69) is 34.6 Å². The summed E-state index contributed by atoms with van der Waals surface area (Å²) in [5.41, 5.74) is 0. The highest BCUT2D eigenvalue weighted by Gasteiger charge is 2.30. The van der Waals surface area contributed by atoms with Crippen LogP contribution in [0.15, 0.2) is 0 Å². The van der Waals surface area contributed by atoms with E-state index in [9.17, 15) is 43.2 Å². The number of ether oxygens (including phenoxy) is 4. The van der Waals surface area contributed by atoms with Crippen molar-refractivity contribution in [3.63, 3.8) is 0 Å². The molecule has 0 aromatic rings. The van der Waals surface area contributed by atoms with E-state index in [1.807, 2.05) is 0 Å². The van der Waals surface area contributed by atoms with E-state index in [1.54, 1.807) is 0 Å². The molecule has 0 radical (unpaired) electrons. The zero-order chi connectivity index (χ0) is 69.1. The van der Waals surface area contributed by atoms with Gasteiger partial charge in [-0.05, 0) is 31.6 Å². The maximum Gasteiger partial charge on any atom is 0.472 e. The molecule has 0 aliphatic carbocycles. The van der Waals surface area contributed by atoms with Gasteiger partial charge in [-0.1, -0.05) is 343 Å². The first-order valence-corrected chi connectivity index (χ1v) is 42.1. The molecule has 0 fully saturated rings. The number of aliphatic hydroxyl groups excluding tert-OH is 1. The highest BCUT2D eigenvalue weighted by molar-refractivity contribution is 7.47. The van der Waals surface area contributed by atoms with Crippen molar-refractivity contribution in [1.82, 2.24) is 0 Å². The van der Waals surface area contributed by atoms with Crippen molar-refractivity contribution in [1.29, 1.82) is 0 Å². The second-order valence-corrected chi connectivity index (χ2v) is 30.4. The lowest BCUT2D eigenvalue weighted by atomic mass is 10.0. The van der Waals surface area contributed by atoms with Crippen molar-refractivity contribution in [3.05, 3.63) is 0 Å². The van der Waals surface area contributed by atoms with Crippen LogP contribution < -0.4 is 0 Å². The summed E-state index contributed by atoms with van der Waals surface area (Å²) in [5.74, 6) is -1.32. The van der Waals surface area contributed by atoms with E-state index >= 15 is 0 Å². The molecule has 17 nitrogen and oxygen atoms in total. The summed E-state index contributed by atoms with van der Waals surface area (Å²) < 4.78 is 68.5. The molecule has 94 heavy (non-hydrogen) atoms. The minimum absolute atomic E-state index is 0.108. The summed E-state index contributed by atoms with van der Waals surface area (Å²) in [6.07, 6.45) is 56.7. The van der Waals surface area contributed by atoms with Crippen LogP contribution in [0.4, 0.5) is 0 Å². The fourth-order valence-electron chi connectivity index (χ4n) is 11.5. The highest BCUT2D eigenvalue weighted by atomic mass is 31.2. The summed E-state index contributed by atoms with van der Waals surface area (Å²) in [6.45, 7) is 7.31. The number of esters is 4. The molecule has 3 N–H and O–H groups in total. The summed E-state index contributed by atoms with van der Waals surface area (Å²) in [6, 6.07) is 0. The standard InChI is InChI=1S/C75H146O17P2/c1-6-9-12-15-18-21-24-26-31-34-39-44-49-54-59-73(78)86-65-71(92-75(80)61-56-51-46-41-36-32-28-27-30-33-37-42-47-52-57-68(4)5)67-90-94(83,84)88-63-69(76)62-87-93(81,82)89-66-70(64-85-72(77)58-53-48-43-38-23-20-17-14-11-8-3)91-74(79)60-55-50-45-40-35-29-25-22-19-16-13-10-7-2/h68-71,76H,6-67H2,1-5H3,(H,81,82)(H,83,84)/t69-,70+,71+/m0/s1. The van der Waals surface area contributed by atoms with Gasteiger partial charge < -0.3 is 33.8 Å². The van der Waals surface area contributed by atoms with Gasteiger partial charge in [0.15, 0.2) is 12.2 Å². The average molecular weight is 1380 g/mol. The molecule has 0 heterocycles. The Kier molecular flexibility index (Phi) is 66.8. The Hall–Kier alpha value is -1.94. The zero-order valence-electron chi connectivity index (χ0n) is 61.1. The first-order valence-electron chi connectivity index (χ1n) is 39.1. The normalized spacial score (nSPS) is 14.0. The molecule has 2 unspecified atom stereocenters. The number of hydrogen-bond acceptors (Lipinski definition) is 15. The molecule has 558 valence electrons. The van der Waals surface area contributed by atoms with E-state index in [1.165, 1.54) is 218 Å². The third-order valence-electron chi connectivity index (χ3n) is 17.5. The van der Waals surface area contributed by atoms with Gasteiger partial charge in [-0.3, -0.25) is 37.3 Å². The smallest absolute Gasteiger partial charge is 0.462 e. The Morgan fingerprint density at radius 3 is 0.723 bits per heavy atom. The summed E-state index contributed by atoms with van der Waals surface area (Å²) in [7, 11) is -9.91. The van der Waals surface area contributed by atoms with E-state index in [0.717, 1.165) is 95.8 Å². The van der Waals surface area contributed by atoms with Crippen molar-refractivity contribution in [2.24, 2.45) is 5.92 Å². The van der Waals surface area contributed by atoms with Gasteiger partial charge in [0.1, 0.15) is 19.3 Å². The zero-order valence-corrected chi connectivity index (χ0v) is 62.9. The maximum absolute atomic E-state index is 13.1. The molecule has 0 saturated carbocycles. The molecule has 0 aromatic heterocycles. The molecule has 0 aromatic carbocycles. The minimum atomic E-state index is -4.96. The molecule has 0 aliphatic rings. The molecule has 0 saturated heterocycles. The molecule has 0 aliphatic heterocycles. The first kappa shape index (κ1) is 92.1. The van der Waals surface area contributed by atoms with Crippen LogP contribution >= 0.6 is 15.6 Å². The Morgan fingerprint density at radius 2 is 0.489 bits per heavy atom. The van der Waals surface area contributed by atoms with Gasteiger partial charge in [0, 0.05) is 25.7 Å². The SMILES string of the molecule is CCCCCCCCCCCCCCCCC(=O)OC[C@H](COP(=O)(O)OC[C@@H](O)COP(=O)(O)OC[C@@H](COC(=O)CCCCCCCCCCCC)OC(=O)CCCCCCCCCCCCCCC)OC(=O)CCCCCCCCCCCCCCCCC(C)C. The second-order valence-electron chi connectivity index (χ2n) is 27.5. The largest absolute Gasteiger partial charge is 0.472 e. The monoisotopic (exact) mass is 1380 g/mol. The number of carbonyl (C=O) groups excluding carboxylic acids is 4. The Morgan fingerprint density at radius 1 is 0.287 bits per heavy atom. The lowest BCUT2D eigenvalue weighted by Gasteiger charge is -2.21. The average Bonchev–Trinajstić information content (AvgIpc) is 1.38. The van der Waals surface area contributed by atoms with Crippen LogP contribution in [0, 0.1) is 5.92 Å². The fraction of sp³-hybridized carbons (Fsp3) is 0.947. The Labute approximate surface area is 575 Å². The van der Waals surface area contributed by atoms with Crippen molar-refractivity contribution in [2.75, 3.05) is 39.6 Å². The number of carbonyl (C=O) groups is 4. The predicted molar refractivity (Wildman–Crippen MR) is 382 cm³/mol. The van der Waals surface area contributed by atoms with Gasteiger partial charge in [-0.2, -0.15) is 0 Å². The van der Waals surface area contributed by atoms with Crippen LogP contribution in [-0.4, -0.2) is 96.7 Å². The minimum Gasteiger partial charge on any atom is -0.462 e.